The molecule has 0 saturated carbocycles. The van der Waals surface area contributed by atoms with Crippen molar-refractivity contribution in [1.29, 1.82) is 0 Å². The molecule has 0 bridgehead atoms. The molecule has 0 unspecified atom stereocenters. The Kier molecular flexibility index (Phi) is 4.33. The average Bonchev–Trinajstić information content (AvgIpc) is 3.18. The normalized spacial score (nSPS) is 13.7. The molecule has 1 aliphatic rings. The molecule has 0 spiro atoms. The summed E-state index contributed by atoms with van der Waals surface area (Å²) in [5.74, 6) is -0.996. The highest BCUT2D eigenvalue weighted by Gasteiger charge is 2.24. The van der Waals surface area contributed by atoms with Crippen LogP contribution in [0.25, 0.3) is 0 Å². The van der Waals surface area contributed by atoms with Gasteiger partial charge in [-0.15, -0.1) is 0 Å². The molecule has 3 heterocycles. The van der Waals surface area contributed by atoms with Crippen molar-refractivity contribution in [1.82, 2.24) is 19.7 Å². The number of carbonyl (C=O) groups is 1. The number of H-pyrrole nitrogens is 1. The summed E-state index contributed by atoms with van der Waals surface area (Å²) < 4.78 is 15.0. The van der Waals surface area contributed by atoms with Crippen LogP contribution in [0.1, 0.15) is 32.9 Å². The van der Waals surface area contributed by atoms with E-state index in [9.17, 15) is 14.0 Å². The Balaban J connectivity index is 1.46. The topological polar surface area (TPSA) is 97.0 Å². The SMILES string of the molecule is NC(=O)c1ccc(CN2Cc3cnn(Cc4ccc(F)cc4)c3C2)[nH]c1=O. The van der Waals surface area contributed by atoms with Gasteiger partial charge in [-0.1, -0.05) is 12.1 Å². The van der Waals surface area contributed by atoms with Gasteiger partial charge in [-0.25, -0.2) is 4.39 Å². The van der Waals surface area contributed by atoms with Gasteiger partial charge >= 0.3 is 0 Å². The molecule has 1 aromatic carbocycles. The quantitative estimate of drug-likeness (QED) is 0.712. The average molecular weight is 367 g/mol. The van der Waals surface area contributed by atoms with Crippen molar-refractivity contribution in [3.05, 3.63) is 86.8 Å². The number of nitrogens with two attached hydrogens (primary N) is 1. The third-order valence-electron chi connectivity index (χ3n) is 4.68. The number of nitrogens with zero attached hydrogens (tertiary/aromatic N) is 3. The van der Waals surface area contributed by atoms with E-state index in [1.54, 1.807) is 18.2 Å². The fourth-order valence-electron chi connectivity index (χ4n) is 3.33. The number of carbonyl (C=O) groups excluding carboxylic acids is 1. The summed E-state index contributed by atoms with van der Waals surface area (Å²) in [6.07, 6.45) is 1.85. The minimum absolute atomic E-state index is 0.0432. The van der Waals surface area contributed by atoms with Crippen LogP contribution >= 0.6 is 0 Å². The number of rotatable bonds is 5. The van der Waals surface area contributed by atoms with Crippen LogP contribution in [-0.4, -0.2) is 25.6 Å². The minimum atomic E-state index is -0.739. The molecule has 3 N–H and O–H groups in total. The maximum atomic E-state index is 13.1. The number of aromatic amines is 1. The van der Waals surface area contributed by atoms with Crippen LogP contribution in [0.5, 0.6) is 0 Å². The molecule has 138 valence electrons. The van der Waals surface area contributed by atoms with E-state index in [1.165, 1.54) is 18.2 Å². The molecule has 4 rings (SSSR count). The first-order valence-corrected chi connectivity index (χ1v) is 8.52. The lowest BCUT2D eigenvalue weighted by Gasteiger charge is -2.15. The van der Waals surface area contributed by atoms with Gasteiger partial charge < -0.3 is 10.7 Å². The monoisotopic (exact) mass is 367 g/mol. The van der Waals surface area contributed by atoms with Gasteiger partial charge in [0.15, 0.2) is 0 Å². The lowest BCUT2D eigenvalue weighted by molar-refractivity contribution is 0.0999. The number of pyridine rings is 1. The second kappa shape index (κ2) is 6.81. The summed E-state index contributed by atoms with van der Waals surface area (Å²) in [7, 11) is 0. The molecule has 0 fully saturated rings. The largest absolute Gasteiger partial charge is 0.365 e. The first-order chi connectivity index (χ1) is 13.0. The van der Waals surface area contributed by atoms with Gasteiger partial charge in [0.25, 0.3) is 11.5 Å². The zero-order valence-corrected chi connectivity index (χ0v) is 14.5. The molecule has 8 heteroatoms. The summed E-state index contributed by atoms with van der Waals surface area (Å²) in [5, 5.41) is 4.43. The van der Waals surface area contributed by atoms with Crippen LogP contribution in [-0.2, 0) is 26.2 Å². The van der Waals surface area contributed by atoms with E-state index in [0.29, 0.717) is 25.3 Å². The second-order valence-corrected chi connectivity index (χ2v) is 6.64. The highest BCUT2D eigenvalue weighted by atomic mass is 19.1. The summed E-state index contributed by atoms with van der Waals surface area (Å²) in [6.45, 7) is 2.53. The lowest BCUT2D eigenvalue weighted by Crippen LogP contribution is -2.26. The molecule has 1 aliphatic heterocycles. The van der Waals surface area contributed by atoms with Gasteiger partial charge in [-0.05, 0) is 29.8 Å². The van der Waals surface area contributed by atoms with Crippen LogP contribution in [0, 0.1) is 5.82 Å². The van der Waals surface area contributed by atoms with Gasteiger partial charge in [-0.3, -0.25) is 19.2 Å². The minimum Gasteiger partial charge on any atom is -0.365 e. The lowest BCUT2D eigenvalue weighted by atomic mass is 10.2. The number of nitrogens with one attached hydrogen (secondary N) is 1. The van der Waals surface area contributed by atoms with Crippen LogP contribution < -0.4 is 11.3 Å². The zero-order valence-electron chi connectivity index (χ0n) is 14.5. The highest BCUT2D eigenvalue weighted by Crippen LogP contribution is 2.24. The number of primary amides is 1. The summed E-state index contributed by atoms with van der Waals surface area (Å²) >= 11 is 0. The number of hydrogen-bond donors (Lipinski definition) is 2. The van der Waals surface area contributed by atoms with Crippen molar-refractivity contribution in [2.75, 3.05) is 0 Å². The molecular weight excluding hydrogens is 349 g/mol. The Bertz CT molecular complexity index is 1050. The fourth-order valence-corrected chi connectivity index (χ4v) is 3.33. The van der Waals surface area contributed by atoms with E-state index >= 15 is 0 Å². The van der Waals surface area contributed by atoms with E-state index in [0.717, 1.165) is 23.4 Å². The molecule has 0 atom stereocenters. The van der Waals surface area contributed by atoms with Gasteiger partial charge in [0, 0.05) is 30.9 Å². The summed E-state index contributed by atoms with van der Waals surface area (Å²) in [4.78, 5) is 27.9. The number of hydrogen-bond acceptors (Lipinski definition) is 4. The Labute approximate surface area is 154 Å². The van der Waals surface area contributed by atoms with Gasteiger partial charge in [-0.2, -0.15) is 5.10 Å². The van der Waals surface area contributed by atoms with Gasteiger partial charge in [0.1, 0.15) is 11.4 Å². The maximum Gasteiger partial charge on any atom is 0.261 e. The number of amides is 1. The Morgan fingerprint density at radius 3 is 2.63 bits per heavy atom. The molecule has 0 radical (unpaired) electrons. The fraction of sp³-hybridized carbons (Fsp3) is 0.211. The van der Waals surface area contributed by atoms with Crippen molar-refractivity contribution in [3.8, 4) is 0 Å². The highest BCUT2D eigenvalue weighted by molar-refractivity contribution is 5.92. The van der Waals surface area contributed by atoms with Crippen LogP contribution in [0.15, 0.2) is 47.4 Å². The maximum absolute atomic E-state index is 13.1. The predicted octanol–water partition coefficient (Wildman–Crippen LogP) is 1.37. The van der Waals surface area contributed by atoms with Crippen LogP contribution in [0.2, 0.25) is 0 Å². The van der Waals surface area contributed by atoms with Crippen molar-refractivity contribution in [3.63, 3.8) is 0 Å². The van der Waals surface area contributed by atoms with Crippen molar-refractivity contribution >= 4 is 5.91 Å². The summed E-state index contributed by atoms with van der Waals surface area (Å²) in [6, 6.07) is 9.54. The predicted molar refractivity (Wildman–Crippen MR) is 96.3 cm³/mol. The molecule has 7 nitrogen and oxygen atoms in total. The van der Waals surface area contributed by atoms with E-state index in [4.69, 9.17) is 5.73 Å². The number of benzene rings is 1. The zero-order chi connectivity index (χ0) is 19.0. The Hall–Kier alpha value is -3.26. The van der Waals surface area contributed by atoms with Crippen molar-refractivity contribution in [2.45, 2.75) is 26.2 Å². The molecular formula is C19H18FN5O2. The first-order valence-electron chi connectivity index (χ1n) is 8.52. The van der Waals surface area contributed by atoms with Crippen molar-refractivity contribution in [2.24, 2.45) is 5.73 Å². The Morgan fingerprint density at radius 1 is 1.15 bits per heavy atom. The second-order valence-electron chi connectivity index (χ2n) is 6.64. The molecule has 3 aromatic rings. The first kappa shape index (κ1) is 17.2. The number of halogens is 1. The van der Waals surface area contributed by atoms with Gasteiger partial charge in [0.2, 0.25) is 0 Å². The molecule has 27 heavy (non-hydrogen) atoms. The molecule has 0 saturated heterocycles. The number of aromatic nitrogens is 3. The standard InChI is InChI=1S/C19H18FN5O2/c20-14-3-1-12(2-4-14)8-25-17-11-24(9-13(17)7-22-25)10-15-5-6-16(18(21)26)19(27)23-15/h1-7H,8-11H2,(H2,21,26)(H,23,27). The van der Waals surface area contributed by atoms with Crippen LogP contribution in [0.4, 0.5) is 4.39 Å². The number of fused-ring (bicyclic) bond motifs is 1. The molecule has 2 aromatic heterocycles. The Morgan fingerprint density at radius 2 is 1.93 bits per heavy atom. The van der Waals surface area contributed by atoms with E-state index in [1.807, 2.05) is 10.9 Å². The van der Waals surface area contributed by atoms with E-state index in [-0.39, 0.29) is 11.4 Å². The van der Waals surface area contributed by atoms with Crippen molar-refractivity contribution < 1.29 is 9.18 Å². The van der Waals surface area contributed by atoms with E-state index < -0.39 is 11.5 Å². The third-order valence-corrected chi connectivity index (χ3v) is 4.68. The van der Waals surface area contributed by atoms with E-state index in [2.05, 4.69) is 15.0 Å². The van der Waals surface area contributed by atoms with Gasteiger partial charge in [0.05, 0.1) is 18.4 Å². The molecule has 1 amide bonds. The molecule has 0 aliphatic carbocycles. The smallest absolute Gasteiger partial charge is 0.261 e. The van der Waals surface area contributed by atoms with Crippen LogP contribution in [0.3, 0.4) is 0 Å². The summed E-state index contributed by atoms with van der Waals surface area (Å²) in [5.41, 5.74) is 8.58. The third kappa shape index (κ3) is 3.52.